The minimum atomic E-state index is 0.466. The van der Waals surface area contributed by atoms with Gasteiger partial charge in [-0.1, -0.05) is 60.7 Å². The lowest BCUT2D eigenvalue weighted by molar-refractivity contribution is 0.112. The van der Waals surface area contributed by atoms with Gasteiger partial charge in [0.25, 0.3) is 0 Å². The Labute approximate surface area is 159 Å². The molecule has 0 saturated heterocycles. The maximum Gasteiger partial charge on any atom is 0.153 e. The van der Waals surface area contributed by atoms with Crippen LogP contribution < -0.4 is 9.47 Å². The molecule has 27 heavy (non-hydrogen) atoms. The van der Waals surface area contributed by atoms with Crippen LogP contribution in [-0.4, -0.2) is 20.5 Å². The highest BCUT2D eigenvalue weighted by atomic mass is 16.5. The van der Waals surface area contributed by atoms with Crippen molar-refractivity contribution >= 4 is 18.4 Å². The van der Waals surface area contributed by atoms with E-state index in [0.29, 0.717) is 17.1 Å². The van der Waals surface area contributed by atoms with Crippen LogP contribution in [0, 0.1) is 6.92 Å². The first-order valence-corrected chi connectivity index (χ1v) is 8.72. The highest BCUT2D eigenvalue weighted by molar-refractivity contribution is 5.84. The summed E-state index contributed by atoms with van der Waals surface area (Å²) >= 11 is 0. The van der Waals surface area contributed by atoms with E-state index in [2.05, 4.69) is 43.3 Å². The number of carbonyl (C=O) groups excluding carboxylic acids is 1. The quantitative estimate of drug-likeness (QED) is 0.421. The zero-order chi connectivity index (χ0) is 19.2. The summed E-state index contributed by atoms with van der Waals surface area (Å²) in [5, 5.41) is 0. The van der Waals surface area contributed by atoms with Crippen molar-refractivity contribution in [3.8, 4) is 22.6 Å². The molecular weight excluding hydrogens is 336 g/mol. The van der Waals surface area contributed by atoms with E-state index in [4.69, 9.17) is 9.47 Å². The van der Waals surface area contributed by atoms with Crippen LogP contribution >= 0.6 is 0 Å². The largest absolute Gasteiger partial charge is 0.496 e. The third-order valence-electron chi connectivity index (χ3n) is 4.61. The summed E-state index contributed by atoms with van der Waals surface area (Å²) in [6.45, 7) is 2.12. The maximum absolute atomic E-state index is 11.2. The number of hydrogen-bond acceptors (Lipinski definition) is 3. The van der Waals surface area contributed by atoms with Crippen LogP contribution in [0.3, 0.4) is 0 Å². The molecule has 3 aromatic rings. The summed E-state index contributed by atoms with van der Waals surface area (Å²) in [5.74, 6) is 1.16. The van der Waals surface area contributed by atoms with Crippen LogP contribution in [0.5, 0.6) is 11.5 Å². The highest BCUT2D eigenvalue weighted by Crippen LogP contribution is 2.31. The second-order valence-electron chi connectivity index (χ2n) is 6.17. The van der Waals surface area contributed by atoms with Gasteiger partial charge in [0, 0.05) is 5.56 Å². The second kappa shape index (κ2) is 8.37. The highest BCUT2D eigenvalue weighted by Gasteiger charge is 2.09. The maximum atomic E-state index is 11.2. The zero-order valence-corrected chi connectivity index (χ0v) is 15.7. The molecule has 0 aromatic heterocycles. The molecule has 0 fully saturated rings. The predicted octanol–water partition coefficient (Wildman–Crippen LogP) is 5.66. The molecule has 0 unspecified atom stereocenters. The number of hydrogen-bond donors (Lipinski definition) is 0. The normalized spacial score (nSPS) is 10.8. The molecule has 3 rings (SSSR count). The molecule has 0 radical (unpaired) electrons. The lowest BCUT2D eigenvalue weighted by Crippen LogP contribution is -1.95. The third kappa shape index (κ3) is 3.93. The summed E-state index contributed by atoms with van der Waals surface area (Å²) < 4.78 is 10.7. The fraction of sp³-hybridized carbons (Fsp3) is 0.125. The minimum Gasteiger partial charge on any atom is -0.496 e. The van der Waals surface area contributed by atoms with Crippen molar-refractivity contribution < 1.29 is 14.3 Å². The van der Waals surface area contributed by atoms with Gasteiger partial charge in [-0.2, -0.15) is 0 Å². The monoisotopic (exact) mass is 358 g/mol. The van der Waals surface area contributed by atoms with E-state index in [1.165, 1.54) is 16.7 Å². The number of ether oxygens (including phenoxy) is 2. The van der Waals surface area contributed by atoms with Gasteiger partial charge >= 0.3 is 0 Å². The Hall–Kier alpha value is -3.33. The Kier molecular flexibility index (Phi) is 5.72. The molecule has 0 saturated carbocycles. The van der Waals surface area contributed by atoms with Crippen LogP contribution in [0.15, 0.2) is 60.7 Å². The SMILES string of the molecule is COc1cc(/C=C/c2cccc(-c3ccccc3)c2C)c(OC)cc1C=O. The van der Waals surface area contributed by atoms with E-state index >= 15 is 0 Å². The molecule has 0 aliphatic heterocycles. The van der Waals surface area contributed by atoms with Crippen molar-refractivity contribution in [2.75, 3.05) is 14.2 Å². The van der Waals surface area contributed by atoms with Crippen molar-refractivity contribution in [2.24, 2.45) is 0 Å². The van der Waals surface area contributed by atoms with Crippen molar-refractivity contribution in [2.45, 2.75) is 6.92 Å². The second-order valence-corrected chi connectivity index (χ2v) is 6.17. The average molecular weight is 358 g/mol. The lowest BCUT2D eigenvalue weighted by atomic mass is 9.96. The molecule has 0 N–H and O–H groups in total. The van der Waals surface area contributed by atoms with Gasteiger partial charge in [-0.25, -0.2) is 0 Å². The van der Waals surface area contributed by atoms with Gasteiger partial charge in [-0.15, -0.1) is 0 Å². The van der Waals surface area contributed by atoms with Gasteiger partial charge in [0.05, 0.1) is 19.8 Å². The molecular formula is C24H22O3. The molecule has 3 aromatic carbocycles. The van der Waals surface area contributed by atoms with Crippen molar-refractivity contribution in [1.82, 2.24) is 0 Å². The van der Waals surface area contributed by atoms with Crippen molar-refractivity contribution in [1.29, 1.82) is 0 Å². The van der Waals surface area contributed by atoms with Crippen molar-refractivity contribution in [3.63, 3.8) is 0 Å². The Morgan fingerprint density at radius 2 is 1.37 bits per heavy atom. The van der Waals surface area contributed by atoms with Gasteiger partial charge in [0.1, 0.15) is 11.5 Å². The van der Waals surface area contributed by atoms with Crippen LogP contribution in [0.4, 0.5) is 0 Å². The first kappa shape index (κ1) is 18.5. The smallest absolute Gasteiger partial charge is 0.153 e. The van der Waals surface area contributed by atoms with Crippen LogP contribution in [0.1, 0.15) is 27.0 Å². The number of benzene rings is 3. The van der Waals surface area contributed by atoms with Gasteiger partial charge in [0.15, 0.2) is 6.29 Å². The van der Waals surface area contributed by atoms with Gasteiger partial charge in [0.2, 0.25) is 0 Å². The average Bonchev–Trinajstić information content (AvgIpc) is 2.73. The van der Waals surface area contributed by atoms with Gasteiger partial charge < -0.3 is 9.47 Å². The summed E-state index contributed by atoms with van der Waals surface area (Å²) in [7, 11) is 3.14. The number of methoxy groups -OCH3 is 2. The van der Waals surface area contributed by atoms with E-state index in [-0.39, 0.29) is 0 Å². The minimum absolute atomic E-state index is 0.466. The summed E-state index contributed by atoms with van der Waals surface area (Å²) in [6.07, 6.45) is 4.80. The molecule has 0 atom stereocenters. The standard InChI is InChI=1S/C24H22O3/c1-17-18(10-7-11-22(17)19-8-5-4-6-9-19)12-13-20-14-24(27-3)21(16-25)15-23(20)26-2/h4-16H,1-3H3/b13-12+. The zero-order valence-electron chi connectivity index (χ0n) is 15.7. The Morgan fingerprint density at radius 1 is 0.741 bits per heavy atom. The van der Waals surface area contributed by atoms with Crippen LogP contribution in [0.25, 0.3) is 23.3 Å². The molecule has 136 valence electrons. The number of rotatable bonds is 6. The Morgan fingerprint density at radius 3 is 2.04 bits per heavy atom. The van der Waals surface area contributed by atoms with E-state index in [0.717, 1.165) is 17.4 Å². The van der Waals surface area contributed by atoms with Crippen LogP contribution in [0.2, 0.25) is 0 Å². The number of aldehydes is 1. The summed E-state index contributed by atoms with van der Waals surface area (Å²) in [5.41, 5.74) is 6.05. The lowest BCUT2D eigenvalue weighted by Gasteiger charge is -2.11. The molecule has 3 heteroatoms. The summed E-state index contributed by atoms with van der Waals surface area (Å²) in [6, 6.07) is 20.1. The Bertz CT molecular complexity index is 972. The molecule has 3 nitrogen and oxygen atoms in total. The third-order valence-corrected chi connectivity index (χ3v) is 4.61. The van der Waals surface area contributed by atoms with Crippen LogP contribution in [-0.2, 0) is 0 Å². The topological polar surface area (TPSA) is 35.5 Å². The fourth-order valence-electron chi connectivity index (χ4n) is 3.11. The molecule has 0 heterocycles. The van der Waals surface area contributed by atoms with E-state index in [9.17, 15) is 4.79 Å². The predicted molar refractivity (Wildman–Crippen MR) is 110 cm³/mol. The van der Waals surface area contributed by atoms with E-state index in [1.54, 1.807) is 20.3 Å². The molecule has 0 aliphatic carbocycles. The molecule has 0 aliphatic rings. The number of carbonyl (C=O) groups is 1. The molecule has 0 amide bonds. The summed E-state index contributed by atoms with van der Waals surface area (Å²) in [4.78, 5) is 11.2. The fourth-order valence-corrected chi connectivity index (χ4v) is 3.11. The van der Waals surface area contributed by atoms with Crippen molar-refractivity contribution in [3.05, 3.63) is 82.9 Å². The van der Waals surface area contributed by atoms with E-state index in [1.807, 2.05) is 30.3 Å². The molecule has 0 bridgehead atoms. The first-order chi connectivity index (χ1) is 13.2. The molecule has 0 spiro atoms. The first-order valence-electron chi connectivity index (χ1n) is 8.72. The van der Waals surface area contributed by atoms with E-state index < -0.39 is 0 Å². The van der Waals surface area contributed by atoms with Gasteiger partial charge in [-0.05, 0) is 41.3 Å². The van der Waals surface area contributed by atoms with Gasteiger partial charge in [-0.3, -0.25) is 4.79 Å². The Balaban J connectivity index is 2.01.